The molecule has 0 aliphatic carbocycles. The monoisotopic (exact) mass is 406 g/mol. The van der Waals surface area contributed by atoms with E-state index in [4.69, 9.17) is 9.26 Å². The molecule has 0 saturated carbocycles. The van der Waals surface area contributed by atoms with Gasteiger partial charge in [0.1, 0.15) is 5.76 Å². The summed E-state index contributed by atoms with van der Waals surface area (Å²) in [5.74, 6) is 1.67. The molecule has 6 nitrogen and oxygen atoms in total. The number of hydrogen-bond donors (Lipinski definition) is 2. The van der Waals surface area contributed by atoms with Crippen LogP contribution >= 0.6 is 24.0 Å². The molecule has 0 aromatic carbocycles. The van der Waals surface area contributed by atoms with Crippen molar-refractivity contribution in [2.45, 2.75) is 57.9 Å². The molecule has 1 aromatic heterocycles. The molecule has 21 heavy (non-hydrogen) atoms. The fourth-order valence-corrected chi connectivity index (χ4v) is 3.09. The first-order valence-electron chi connectivity index (χ1n) is 7.21. The zero-order valence-electron chi connectivity index (χ0n) is 12.7. The minimum absolute atomic E-state index is 0. The number of nitrogens with zero attached hydrogens (tertiary/aromatic N) is 2. The van der Waals surface area contributed by atoms with Crippen LogP contribution < -0.4 is 10.6 Å². The number of aryl methyl sites for hydroxylation is 2. The molecule has 0 amide bonds. The van der Waals surface area contributed by atoms with Gasteiger partial charge in [-0.05, 0) is 33.1 Å². The molecule has 3 heterocycles. The predicted octanol–water partition coefficient (Wildman–Crippen LogP) is 1.89. The van der Waals surface area contributed by atoms with Crippen LogP contribution in [0.2, 0.25) is 0 Å². The highest BCUT2D eigenvalue weighted by Gasteiger charge is 2.41. The Bertz CT molecular complexity index is 498. The standard InChI is InChI=1S/C14H22N4O2.HI/c1-8-11(9(2)20-18-8)7-16-14(15-3)17-12-6-10-4-5-13(12)19-10;/h10,12-13H,4-7H2,1-3H3,(H2,15,16,17);1H. The van der Waals surface area contributed by atoms with Crippen LogP contribution in [0.4, 0.5) is 0 Å². The van der Waals surface area contributed by atoms with E-state index in [2.05, 4.69) is 20.8 Å². The average molecular weight is 406 g/mol. The van der Waals surface area contributed by atoms with E-state index in [9.17, 15) is 0 Å². The number of ether oxygens (including phenoxy) is 1. The van der Waals surface area contributed by atoms with Crippen LogP contribution in [0.15, 0.2) is 9.52 Å². The molecule has 2 aliphatic rings. The zero-order valence-corrected chi connectivity index (χ0v) is 15.0. The summed E-state index contributed by atoms with van der Waals surface area (Å²) in [6, 6.07) is 0.379. The van der Waals surface area contributed by atoms with Crippen molar-refractivity contribution < 1.29 is 9.26 Å². The number of aromatic nitrogens is 1. The van der Waals surface area contributed by atoms with Gasteiger partial charge in [0, 0.05) is 19.2 Å². The summed E-state index contributed by atoms with van der Waals surface area (Å²) in [7, 11) is 1.79. The third-order valence-electron chi connectivity index (χ3n) is 4.27. The summed E-state index contributed by atoms with van der Waals surface area (Å²) in [4.78, 5) is 4.28. The summed E-state index contributed by atoms with van der Waals surface area (Å²) < 4.78 is 11.0. The maximum Gasteiger partial charge on any atom is 0.191 e. The molecular formula is C14H23IN4O2. The topological polar surface area (TPSA) is 71.7 Å². The SMILES string of the molecule is CN=C(NCc1c(C)noc1C)NC1CC2CCC1O2.I. The number of hydrogen-bond acceptors (Lipinski definition) is 4. The van der Waals surface area contributed by atoms with E-state index in [1.165, 1.54) is 6.42 Å². The van der Waals surface area contributed by atoms with Gasteiger partial charge in [0.15, 0.2) is 5.96 Å². The highest BCUT2D eigenvalue weighted by molar-refractivity contribution is 14.0. The molecule has 3 rings (SSSR count). The lowest BCUT2D eigenvalue weighted by atomic mass is 9.96. The second-order valence-corrected chi connectivity index (χ2v) is 5.59. The Morgan fingerprint density at radius 1 is 1.38 bits per heavy atom. The van der Waals surface area contributed by atoms with Crippen molar-refractivity contribution in [2.75, 3.05) is 7.05 Å². The molecule has 3 atom stereocenters. The van der Waals surface area contributed by atoms with E-state index in [0.29, 0.717) is 24.8 Å². The minimum Gasteiger partial charge on any atom is -0.373 e. The summed E-state index contributed by atoms with van der Waals surface area (Å²) in [5, 5.41) is 10.7. The van der Waals surface area contributed by atoms with Crippen LogP contribution in [-0.4, -0.2) is 36.4 Å². The number of aliphatic imine (C=N–C) groups is 1. The van der Waals surface area contributed by atoms with E-state index in [-0.39, 0.29) is 24.0 Å². The van der Waals surface area contributed by atoms with Gasteiger partial charge in [-0.3, -0.25) is 4.99 Å². The van der Waals surface area contributed by atoms with Crippen molar-refractivity contribution in [3.8, 4) is 0 Å². The highest BCUT2D eigenvalue weighted by atomic mass is 127. The third kappa shape index (κ3) is 3.50. The Morgan fingerprint density at radius 2 is 2.19 bits per heavy atom. The van der Waals surface area contributed by atoms with Crippen LogP contribution in [0, 0.1) is 13.8 Å². The molecule has 2 saturated heterocycles. The number of nitrogens with one attached hydrogen (secondary N) is 2. The lowest BCUT2D eigenvalue weighted by Gasteiger charge is -2.22. The van der Waals surface area contributed by atoms with E-state index in [1.54, 1.807) is 7.05 Å². The van der Waals surface area contributed by atoms with Gasteiger partial charge in [0.25, 0.3) is 0 Å². The fraction of sp³-hybridized carbons (Fsp3) is 0.714. The van der Waals surface area contributed by atoms with Crippen molar-refractivity contribution in [3.05, 3.63) is 17.0 Å². The van der Waals surface area contributed by atoms with Crippen LogP contribution in [0.25, 0.3) is 0 Å². The maximum atomic E-state index is 5.85. The van der Waals surface area contributed by atoms with E-state index in [1.807, 2.05) is 13.8 Å². The predicted molar refractivity (Wildman–Crippen MR) is 91.0 cm³/mol. The van der Waals surface area contributed by atoms with Gasteiger partial charge in [-0.2, -0.15) is 0 Å². The second kappa shape index (κ2) is 6.95. The molecule has 0 radical (unpaired) electrons. The van der Waals surface area contributed by atoms with E-state index in [0.717, 1.165) is 35.8 Å². The van der Waals surface area contributed by atoms with Gasteiger partial charge in [-0.15, -0.1) is 24.0 Å². The Labute approximate surface area is 142 Å². The molecule has 118 valence electrons. The summed E-state index contributed by atoms with van der Waals surface area (Å²) in [6.07, 6.45) is 4.23. The molecule has 3 unspecified atom stereocenters. The van der Waals surface area contributed by atoms with Gasteiger partial charge in [-0.25, -0.2) is 0 Å². The normalized spacial score (nSPS) is 27.6. The van der Waals surface area contributed by atoms with Crippen LogP contribution in [0.1, 0.15) is 36.3 Å². The van der Waals surface area contributed by atoms with Crippen molar-refractivity contribution in [3.63, 3.8) is 0 Å². The molecule has 2 bridgehead atoms. The quantitative estimate of drug-likeness (QED) is 0.456. The molecule has 2 N–H and O–H groups in total. The number of halogens is 1. The van der Waals surface area contributed by atoms with Gasteiger partial charge >= 0.3 is 0 Å². The molecule has 2 aliphatic heterocycles. The molecule has 7 heteroatoms. The van der Waals surface area contributed by atoms with Crippen molar-refractivity contribution in [2.24, 2.45) is 4.99 Å². The van der Waals surface area contributed by atoms with Crippen LogP contribution in [0.5, 0.6) is 0 Å². The highest BCUT2D eigenvalue weighted by Crippen LogP contribution is 2.34. The summed E-state index contributed by atoms with van der Waals surface area (Å²) in [5.41, 5.74) is 2.02. The number of rotatable bonds is 3. The first-order chi connectivity index (χ1) is 9.67. The first kappa shape index (κ1) is 16.5. The second-order valence-electron chi connectivity index (χ2n) is 5.59. The Hall–Kier alpha value is -0.830. The van der Waals surface area contributed by atoms with Gasteiger partial charge in [0.2, 0.25) is 0 Å². The number of fused-ring (bicyclic) bond motifs is 2. The van der Waals surface area contributed by atoms with Gasteiger partial charge in [0.05, 0.1) is 23.9 Å². The minimum atomic E-state index is 0. The number of guanidine groups is 1. The fourth-order valence-electron chi connectivity index (χ4n) is 3.09. The molecular weight excluding hydrogens is 383 g/mol. The summed E-state index contributed by atoms with van der Waals surface area (Å²) in [6.45, 7) is 4.55. The third-order valence-corrected chi connectivity index (χ3v) is 4.27. The zero-order chi connectivity index (χ0) is 14.1. The molecule has 0 spiro atoms. The maximum absolute atomic E-state index is 5.85. The first-order valence-corrected chi connectivity index (χ1v) is 7.21. The van der Waals surface area contributed by atoms with E-state index >= 15 is 0 Å². The van der Waals surface area contributed by atoms with Gasteiger partial charge < -0.3 is 19.9 Å². The largest absolute Gasteiger partial charge is 0.373 e. The molecule has 2 fully saturated rings. The summed E-state index contributed by atoms with van der Waals surface area (Å²) >= 11 is 0. The Morgan fingerprint density at radius 3 is 2.71 bits per heavy atom. The Kier molecular flexibility index (Phi) is 5.48. The Balaban J connectivity index is 0.00000161. The lowest BCUT2D eigenvalue weighted by molar-refractivity contribution is 0.0992. The van der Waals surface area contributed by atoms with Crippen molar-refractivity contribution in [1.29, 1.82) is 0 Å². The lowest BCUT2D eigenvalue weighted by Crippen LogP contribution is -2.47. The van der Waals surface area contributed by atoms with Crippen LogP contribution in [0.3, 0.4) is 0 Å². The average Bonchev–Trinajstić information content (AvgIpc) is 3.13. The van der Waals surface area contributed by atoms with E-state index < -0.39 is 0 Å². The van der Waals surface area contributed by atoms with Crippen LogP contribution in [-0.2, 0) is 11.3 Å². The van der Waals surface area contributed by atoms with Crippen molar-refractivity contribution >= 4 is 29.9 Å². The smallest absolute Gasteiger partial charge is 0.191 e. The molecule has 1 aromatic rings. The van der Waals surface area contributed by atoms with Gasteiger partial charge in [-0.1, -0.05) is 5.16 Å². The van der Waals surface area contributed by atoms with Crippen molar-refractivity contribution in [1.82, 2.24) is 15.8 Å².